The van der Waals surface area contributed by atoms with Crippen molar-refractivity contribution in [3.63, 3.8) is 0 Å². The van der Waals surface area contributed by atoms with Crippen molar-refractivity contribution in [3.05, 3.63) is 17.5 Å². The second-order valence-electron chi connectivity index (χ2n) is 7.07. The highest BCUT2D eigenvalue weighted by Crippen LogP contribution is 2.20. The number of ether oxygens (including phenoxy) is 1. The van der Waals surface area contributed by atoms with Crippen LogP contribution in [0.25, 0.3) is 0 Å². The summed E-state index contributed by atoms with van der Waals surface area (Å²) < 4.78 is 5.34. The molecule has 2 saturated heterocycles. The normalized spacial score (nSPS) is 19.8. The Balaban J connectivity index is 1.56. The van der Waals surface area contributed by atoms with E-state index < -0.39 is 0 Å². The SMILES string of the molecule is Cc1cc(C(=O)NCCN2CCOCC2)nc(N2CCC(C)CC2)n1. The largest absolute Gasteiger partial charge is 0.379 e. The van der Waals surface area contributed by atoms with Crippen LogP contribution < -0.4 is 10.2 Å². The molecule has 0 saturated carbocycles. The van der Waals surface area contributed by atoms with Crippen LogP contribution in [0.3, 0.4) is 0 Å². The molecule has 0 bridgehead atoms. The predicted octanol–water partition coefficient (Wildman–Crippen LogP) is 1.08. The maximum atomic E-state index is 12.5. The standard InChI is InChI=1S/C18H29N5O2/c1-14-3-6-23(7-4-14)18-20-15(2)13-16(21-18)17(24)19-5-8-22-9-11-25-12-10-22/h13-14H,3-12H2,1-2H3,(H,19,24). The molecule has 138 valence electrons. The van der Waals surface area contributed by atoms with E-state index in [1.165, 1.54) is 0 Å². The van der Waals surface area contributed by atoms with Crippen LogP contribution in [0.1, 0.15) is 35.9 Å². The maximum Gasteiger partial charge on any atom is 0.270 e. The van der Waals surface area contributed by atoms with E-state index in [1.54, 1.807) is 6.07 Å². The van der Waals surface area contributed by atoms with E-state index in [0.29, 0.717) is 18.2 Å². The molecular formula is C18H29N5O2. The molecule has 1 N–H and O–H groups in total. The summed E-state index contributed by atoms with van der Waals surface area (Å²) in [5, 5.41) is 2.98. The molecule has 0 unspecified atom stereocenters. The number of aryl methyl sites for hydroxylation is 1. The van der Waals surface area contributed by atoms with Gasteiger partial charge < -0.3 is 15.0 Å². The first kappa shape index (κ1) is 18.1. The summed E-state index contributed by atoms with van der Waals surface area (Å²) in [5.74, 6) is 1.32. The number of nitrogens with one attached hydrogen (secondary N) is 1. The van der Waals surface area contributed by atoms with E-state index in [4.69, 9.17) is 4.74 Å². The molecule has 7 nitrogen and oxygen atoms in total. The van der Waals surface area contributed by atoms with Crippen LogP contribution in [0.2, 0.25) is 0 Å². The fraction of sp³-hybridized carbons (Fsp3) is 0.722. The molecule has 0 radical (unpaired) electrons. The number of amides is 1. The molecule has 2 aliphatic rings. The lowest BCUT2D eigenvalue weighted by Crippen LogP contribution is -2.41. The number of aromatic nitrogens is 2. The van der Waals surface area contributed by atoms with Gasteiger partial charge in [-0.2, -0.15) is 0 Å². The number of nitrogens with zero attached hydrogens (tertiary/aromatic N) is 4. The summed E-state index contributed by atoms with van der Waals surface area (Å²) >= 11 is 0. The Bertz CT molecular complexity index is 581. The van der Waals surface area contributed by atoms with Crippen molar-refractivity contribution < 1.29 is 9.53 Å². The topological polar surface area (TPSA) is 70.6 Å². The Morgan fingerprint density at radius 1 is 1.24 bits per heavy atom. The van der Waals surface area contributed by atoms with Gasteiger partial charge in [0.05, 0.1) is 13.2 Å². The van der Waals surface area contributed by atoms with Crippen LogP contribution in [0.5, 0.6) is 0 Å². The van der Waals surface area contributed by atoms with Gasteiger partial charge in [0.25, 0.3) is 5.91 Å². The fourth-order valence-corrected chi connectivity index (χ4v) is 3.26. The molecule has 0 spiro atoms. The highest BCUT2D eigenvalue weighted by Gasteiger charge is 2.20. The number of hydrogen-bond donors (Lipinski definition) is 1. The van der Waals surface area contributed by atoms with Crippen LogP contribution in [-0.4, -0.2) is 73.3 Å². The summed E-state index contributed by atoms with van der Waals surface area (Å²) in [7, 11) is 0. The van der Waals surface area contributed by atoms with Crippen molar-refractivity contribution in [1.82, 2.24) is 20.2 Å². The van der Waals surface area contributed by atoms with Gasteiger partial charge >= 0.3 is 0 Å². The number of carbonyl (C=O) groups excluding carboxylic acids is 1. The molecule has 1 aromatic rings. The average molecular weight is 347 g/mol. The monoisotopic (exact) mass is 347 g/mol. The number of rotatable bonds is 5. The van der Waals surface area contributed by atoms with Crippen molar-refractivity contribution >= 4 is 11.9 Å². The number of anilines is 1. The van der Waals surface area contributed by atoms with Gasteiger partial charge in [0.2, 0.25) is 5.95 Å². The zero-order chi connectivity index (χ0) is 17.6. The van der Waals surface area contributed by atoms with Crippen molar-refractivity contribution in [3.8, 4) is 0 Å². The third-order valence-corrected chi connectivity index (χ3v) is 4.96. The lowest BCUT2D eigenvalue weighted by Gasteiger charge is -2.30. The second kappa shape index (κ2) is 8.58. The first-order valence-corrected chi connectivity index (χ1v) is 9.31. The number of carbonyl (C=O) groups is 1. The molecule has 3 heterocycles. The van der Waals surface area contributed by atoms with Crippen LogP contribution in [-0.2, 0) is 4.74 Å². The van der Waals surface area contributed by atoms with E-state index in [0.717, 1.165) is 70.4 Å². The zero-order valence-corrected chi connectivity index (χ0v) is 15.3. The minimum Gasteiger partial charge on any atom is -0.379 e. The Labute approximate surface area is 149 Å². The van der Waals surface area contributed by atoms with Gasteiger partial charge in [-0.1, -0.05) is 6.92 Å². The van der Waals surface area contributed by atoms with E-state index in [-0.39, 0.29) is 5.91 Å². The van der Waals surface area contributed by atoms with Crippen molar-refractivity contribution in [2.24, 2.45) is 5.92 Å². The highest BCUT2D eigenvalue weighted by atomic mass is 16.5. The van der Waals surface area contributed by atoms with Crippen molar-refractivity contribution in [2.45, 2.75) is 26.7 Å². The average Bonchev–Trinajstić information content (AvgIpc) is 2.62. The third-order valence-electron chi connectivity index (χ3n) is 4.96. The molecule has 25 heavy (non-hydrogen) atoms. The Hall–Kier alpha value is -1.73. The fourth-order valence-electron chi connectivity index (χ4n) is 3.26. The summed E-state index contributed by atoms with van der Waals surface area (Å²) in [6.45, 7) is 11.0. The summed E-state index contributed by atoms with van der Waals surface area (Å²) in [5.41, 5.74) is 1.30. The van der Waals surface area contributed by atoms with Gasteiger partial charge in [-0.05, 0) is 31.7 Å². The Morgan fingerprint density at radius 2 is 1.96 bits per heavy atom. The summed E-state index contributed by atoms with van der Waals surface area (Å²) in [6, 6.07) is 1.76. The second-order valence-corrected chi connectivity index (χ2v) is 7.07. The third kappa shape index (κ3) is 5.12. The van der Waals surface area contributed by atoms with Gasteiger partial charge in [-0.25, -0.2) is 9.97 Å². The molecule has 1 aromatic heterocycles. The van der Waals surface area contributed by atoms with Gasteiger partial charge in [0, 0.05) is 45.0 Å². The number of piperidine rings is 1. The van der Waals surface area contributed by atoms with E-state index >= 15 is 0 Å². The maximum absolute atomic E-state index is 12.5. The molecule has 3 rings (SSSR count). The zero-order valence-electron chi connectivity index (χ0n) is 15.3. The van der Waals surface area contributed by atoms with Crippen molar-refractivity contribution in [2.75, 3.05) is 57.4 Å². The molecule has 2 fully saturated rings. The van der Waals surface area contributed by atoms with E-state index in [1.807, 2.05) is 6.92 Å². The van der Waals surface area contributed by atoms with Crippen LogP contribution in [0.15, 0.2) is 6.07 Å². The first-order chi connectivity index (χ1) is 12.1. The molecule has 7 heteroatoms. The molecule has 1 amide bonds. The quantitative estimate of drug-likeness (QED) is 0.860. The van der Waals surface area contributed by atoms with Gasteiger partial charge in [-0.15, -0.1) is 0 Å². The lowest BCUT2D eigenvalue weighted by atomic mass is 10.00. The molecule has 0 aliphatic carbocycles. The molecule has 2 aliphatic heterocycles. The summed E-state index contributed by atoms with van der Waals surface area (Å²) in [6.07, 6.45) is 2.30. The molecular weight excluding hydrogens is 318 g/mol. The van der Waals surface area contributed by atoms with Gasteiger partial charge in [0.1, 0.15) is 5.69 Å². The lowest BCUT2D eigenvalue weighted by molar-refractivity contribution is 0.0383. The van der Waals surface area contributed by atoms with Crippen LogP contribution in [0, 0.1) is 12.8 Å². The number of hydrogen-bond acceptors (Lipinski definition) is 6. The number of morpholine rings is 1. The Morgan fingerprint density at radius 3 is 2.68 bits per heavy atom. The van der Waals surface area contributed by atoms with E-state index in [2.05, 4.69) is 32.0 Å². The smallest absolute Gasteiger partial charge is 0.270 e. The predicted molar refractivity (Wildman–Crippen MR) is 97.0 cm³/mol. The van der Waals surface area contributed by atoms with Gasteiger partial charge in [-0.3, -0.25) is 9.69 Å². The Kier molecular flexibility index (Phi) is 6.20. The van der Waals surface area contributed by atoms with Gasteiger partial charge in [0.15, 0.2) is 0 Å². The van der Waals surface area contributed by atoms with E-state index in [9.17, 15) is 4.79 Å². The molecule has 0 atom stereocenters. The first-order valence-electron chi connectivity index (χ1n) is 9.31. The highest BCUT2D eigenvalue weighted by molar-refractivity contribution is 5.92. The van der Waals surface area contributed by atoms with Crippen LogP contribution >= 0.6 is 0 Å². The van der Waals surface area contributed by atoms with Crippen molar-refractivity contribution in [1.29, 1.82) is 0 Å². The van der Waals surface area contributed by atoms with Crippen LogP contribution in [0.4, 0.5) is 5.95 Å². The molecule has 0 aromatic carbocycles. The minimum atomic E-state index is -0.120. The summed E-state index contributed by atoms with van der Waals surface area (Å²) in [4.78, 5) is 26.0. The minimum absolute atomic E-state index is 0.120.